The minimum absolute atomic E-state index is 0.427. The predicted octanol–water partition coefficient (Wildman–Crippen LogP) is 19.5. The van der Waals surface area contributed by atoms with Crippen LogP contribution in [0.2, 0.25) is 0 Å². The van der Waals surface area contributed by atoms with Gasteiger partial charge in [0, 0.05) is 43.7 Å². The van der Waals surface area contributed by atoms with E-state index in [1.165, 1.54) is 98.3 Å². The van der Waals surface area contributed by atoms with Crippen LogP contribution in [0.3, 0.4) is 0 Å². The van der Waals surface area contributed by atoms with Crippen LogP contribution >= 0.6 is 0 Å². The van der Waals surface area contributed by atoms with E-state index in [2.05, 4.69) is 268 Å². The number of rotatable bonds is 9. The smallest absolute Gasteiger partial charge is 0.0619 e. The maximum atomic E-state index is 2.52. The highest BCUT2D eigenvalue weighted by molar-refractivity contribution is 6.31. The summed E-state index contributed by atoms with van der Waals surface area (Å²) in [5.74, 6) is 0.855. The highest BCUT2D eigenvalue weighted by Crippen LogP contribution is 2.54. The largest absolute Gasteiger partial charge is 0.309 e. The second kappa shape index (κ2) is 16.9. The molecule has 12 aromatic carbocycles. The molecule has 0 amide bonds. The predicted molar refractivity (Wildman–Crippen MR) is 294 cm³/mol. The minimum Gasteiger partial charge on any atom is -0.309 e. The van der Waals surface area contributed by atoms with E-state index < -0.39 is 0 Å². The number of hydrogen-bond acceptors (Lipinski definition) is 2. The van der Waals surface area contributed by atoms with Crippen molar-refractivity contribution in [2.75, 3.05) is 9.80 Å². The third-order valence-electron chi connectivity index (χ3n) is 14.2. The van der Waals surface area contributed by atoms with E-state index >= 15 is 0 Å². The summed E-state index contributed by atoms with van der Waals surface area (Å²) in [6.45, 7) is 9.06. The van der Waals surface area contributed by atoms with Crippen molar-refractivity contribution < 1.29 is 0 Å². The molecule has 0 unspecified atom stereocenters. The van der Waals surface area contributed by atoms with Gasteiger partial charge in [-0.15, -0.1) is 0 Å². The summed E-state index contributed by atoms with van der Waals surface area (Å²) < 4.78 is 0. The highest BCUT2D eigenvalue weighted by atomic mass is 15.2. The van der Waals surface area contributed by atoms with E-state index in [0.717, 1.165) is 22.7 Å². The van der Waals surface area contributed by atoms with Crippen LogP contribution in [0.4, 0.5) is 34.1 Å². The Hall–Kier alpha value is -8.20. The van der Waals surface area contributed by atoms with Gasteiger partial charge in [0.25, 0.3) is 0 Å². The van der Waals surface area contributed by atoms with Crippen molar-refractivity contribution in [2.45, 2.75) is 39.5 Å². The fraction of sp³-hybridized carbons (Fsp3) is 0.0909. The van der Waals surface area contributed by atoms with Gasteiger partial charge in [0.15, 0.2) is 0 Å². The Bertz CT molecular complexity index is 3480. The number of benzene rings is 12. The van der Waals surface area contributed by atoms with Crippen molar-refractivity contribution in [1.82, 2.24) is 0 Å². The van der Waals surface area contributed by atoms with Crippen molar-refractivity contribution >= 4 is 98.8 Å². The minimum atomic E-state index is 0.427. The molecule has 12 rings (SSSR count). The van der Waals surface area contributed by atoms with Crippen molar-refractivity contribution in [1.29, 1.82) is 0 Å². The molecule has 2 heteroatoms. The fourth-order valence-electron chi connectivity index (χ4n) is 10.8. The van der Waals surface area contributed by atoms with Crippen LogP contribution in [0.15, 0.2) is 231 Å². The van der Waals surface area contributed by atoms with E-state index in [1.54, 1.807) is 0 Å². The molecule has 68 heavy (non-hydrogen) atoms. The summed E-state index contributed by atoms with van der Waals surface area (Å²) in [5, 5.41) is 14.5. The molecule has 0 heterocycles. The van der Waals surface area contributed by atoms with Crippen molar-refractivity contribution in [2.24, 2.45) is 0 Å². The first kappa shape index (κ1) is 41.2. The van der Waals surface area contributed by atoms with Crippen LogP contribution in [-0.2, 0) is 0 Å². The molecule has 0 N–H and O–H groups in total. The third-order valence-corrected chi connectivity index (χ3v) is 14.2. The average Bonchev–Trinajstić information content (AvgIpc) is 3.39. The lowest BCUT2D eigenvalue weighted by Gasteiger charge is -2.32. The van der Waals surface area contributed by atoms with Gasteiger partial charge in [-0.1, -0.05) is 222 Å². The normalized spacial score (nSPS) is 11.8. The van der Waals surface area contributed by atoms with Gasteiger partial charge in [-0.3, -0.25) is 0 Å². The van der Waals surface area contributed by atoms with Crippen LogP contribution in [0.5, 0.6) is 0 Å². The molecular formula is C66H52N2. The van der Waals surface area contributed by atoms with Gasteiger partial charge in [0.2, 0.25) is 0 Å². The van der Waals surface area contributed by atoms with Crippen molar-refractivity contribution in [3.05, 3.63) is 242 Å². The van der Waals surface area contributed by atoms with Gasteiger partial charge in [-0.25, -0.2) is 0 Å². The number of hydrogen-bond donors (Lipinski definition) is 0. The van der Waals surface area contributed by atoms with E-state index in [0.29, 0.717) is 11.8 Å². The molecule has 326 valence electrons. The third kappa shape index (κ3) is 6.78. The summed E-state index contributed by atoms with van der Waals surface area (Å²) in [5.41, 5.74) is 12.0. The topological polar surface area (TPSA) is 6.48 Å². The Balaban J connectivity index is 1.19. The lowest BCUT2D eigenvalue weighted by molar-refractivity contribution is 0.866. The Morgan fingerprint density at radius 2 is 0.515 bits per heavy atom. The molecule has 0 bridgehead atoms. The molecule has 0 aliphatic heterocycles. The SMILES string of the molecule is CC(C)c1ccc(N(c2cccc3ccccc23)c2c3ccccc3c(-c3c4ccccc4c(N(c4ccc(C(C)C)cc4)c4cccc5ccccc45)c4ccccc34)c3ccccc23)cc1. The molecule has 0 fully saturated rings. The van der Waals surface area contributed by atoms with E-state index in [1.807, 2.05) is 0 Å². The van der Waals surface area contributed by atoms with Crippen LogP contribution in [0, 0.1) is 0 Å². The first-order chi connectivity index (χ1) is 33.4. The molecule has 12 aromatic rings. The van der Waals surface area contributed by atoms with Crippen LogP contribution < -0.4 is 9.80 Å². The van der Waals surface area contributed by atoms with Crippen LogP contribution in [0.25, 0.3) is 75.8 Å². The highest BCUT2D eigenvalue weighted by Gasteiger charge is 2.28. The number of nitrogens with zero attached hydrogens (tertiary/aromatic N) is 2. The fourth-order valence-corrected chi connectivity index (χ4v) is 10.8. The molecule has 0 aromatic heterocycles. The van der Waals surface area contributed by atoms with Crippen molar-refractivity contribution in [3.63, 3.8) is 0 Å². The second-order valence-corrected chi connectivity index (χ2v) is 18.8. The first-order valence-electron chi connectivity index (χ1n) is 24.1. The Labute approximate surface area is 399 Å². The number of anilines is 6. The van der Waals surface area contributed by atoms with Gasteiger partial charge in [0.05, 0.1) is 22.7 Å². The summed E-state index contributed by atoms with van der Waals surface area (Å²) in [6, 6.07) is 85.9. The zero-order chi connectivity index (χ0) is 45.9. The molecular weight excluding hydrogens is 821 g/mol. The van der Waals surface area contributed by atoms with E-state index in [-0.39, 0.29) is 0 Å². The second-order valence-electron chi connectivity index (χ2n) is 18.8. The Morgan fingerprint density at radius 3 is 0.824 bits per heavy atom. The lowest BCUT2D eigenvalue weighted by Crippen LogP contribution is -2.13. The van der Waals surface area contributed by atoms with Gasteiger partial charge < -0.3 is 9.80 Å². The quantitative estimate of drug-likeness (QED) is 0.133. The molecule has 2 nitrogen and oxygen atoms in total. The van der Waals surface area contributed by atoms with Gasteiger partial charge in [0.1, 0.15) is 0 Å². The maximum absolute atomic E-state index is 2.52. The van der Waals surface area contributed by atoms with Crippen LogP contribution in [-0.4, -0.2) is 0 Å². The molecule has 0 spiro atoms. The molecule has 0 aliphatic rings. The standard InChI is InChI=1S/C66H52N2/c1-43(2)45-35-39-49(40-36-45)67(61-33-17-21-47-19-5-7-23-51(47)61)65-57-29-13-9-25-53(57)63(54-26-10-14-30-58(54)65)64-55-27-11-15-31-59(55)66(60-32-16-12-28-56(60)64)68(50-41-37-46(38-42-50)44(3)4)62-34-18-22-48-20-6-8-24-52(48)62/h5-44H,1-4H3. The zero-order valence-electron chi connectivity index (χ0n) is 39.0. The van der Waals surface area contributed by atoms with Gasteiger partial charge in [-0.05, 0) is 103 Å². The van der Waals surface area contributed by atoms with Crippen molar-refractivity contribution in [3.8, 4) is 11.1 Å². The average molecular weight is 873 g/mol. The summed E-state index contributed by atoms with van der Waals surface area (Å²) in [4.78, 5) is 5.04. The Kier molecular flexibility index (Phi) is 10.3. The van der Waals surface area contributed by atoms with Crippen LogP contribution in [0.1, 0.15) is 50.7 Å². The summed E-state index contributed by atoms with van der Waals surface area (Å²) in [7, 11) is 0. The van der Waals surface area contributed by atoms with E-state index in [4.69, 9.17) is 0 Å². The molecule has 0 saturated carbocycles. The van der Waals surface area contributed by atoms with E-state index in [9.17, 15) is 0 Å². The maximum Gasteiger partial charge on any atom is 0.0619 e. The summed E-state index contributed by atoms with van der Waals surface area (Å²) in [6.07, 6.45) is 0. The molecule has 0 aliphatic carbocycles. The molecule has 0 radical (unpaired) electrons. The summed E-state index contributed by atoms with van der Waals surface area (Å²) >= 11 is 0. The Morgan fingerprint density at radius 1 is 0.250 bits per heavy atom. The monoisotopic (exact) mass is 872 g/mol. The van der Waals surface area contributed by atoms with Gasteiger partial charge >= 0.3 is 0 Å². The number of fused-ring (bicyclic) bond motifs is 6. The molecule has 0 atom stereocenters. The molecule has 0 saturated heterocycles. The zero-order valence-corrected chi connectivity index (χ0v) is 39.0. The first-order valence-corrected chi connectivity index (χ1v) is 24.1. The van der Waals surface area contributed by atoms with Gasteiger partial charge in [-0.2, -0.15) is 0 Å². The lowest BCUT2D eigenvalue weighted by atomic mass is 9.84.